The minimum absolute atomic E-state index is 0.0643. The van der Waals surface area contributed by atoms with E-state index in [4.69, 9.17) is 5.73 Å². The van der Waals surface area contributed by atoms with Crippen LogP contribution in [0.1, 0.15) is 27.7 Å². The van der Waals surface area contributed by atoms with Crippen LogP contribution in [0.25, 0.3) is 0 Å². The molecule has 0 heterocycles. The molecule has 0 fully saturated rings. The quantitative estimate of drug-likeness (QED) is 0.812. The number of carbonyl (C=O) groups excluding carboxylic acids is 1. The molecule has 0 aliphatic rings. The van der Waals surface area contributed by atoms with E-state index in [1.165, 1.54) is 0 Å². The van der Waals surface area contributed by atoms with Gasteiger partial charge in [-0.15, -0.1) is 0 Å². The zero-order valence-corrected chi connectivity index (χ0v) is 10.9. The van der Waals surface area contributed by atoms with Crippen LogP contribution in [0.3, 0.4) is 0 Å². The van der Waals surface area contributed by atoms with Crippen molar-refractivity contribution >= 4 is 21.8 Å². The van der Waals surface area contributed by atoms with E-state index in [0.29, 0.717) is 6.54 Å². The molecule has 0 spiro atoms. The predicted molar refractivity (Wildman–Crippen MR) is 63.1 cm³/mol. The van der Waals surface area contributed by atoms with Crippen LogP contribution in [0.15, 0.2) is 11.1 Å². The Morgan fingerprint density at radius 1 is 1.43 bits per heavy atom. The molecule has 3 nitrogen and oxygen atoms in total. The van der Waals surface area contributed by atoms with Crippen LogP contribution in [0.4, 0.5) is 0 Å². The van der Waals surface area contributed by atoms with Gasteiger partial charge in [0.05, 0.1) is 5.41 Å². The maximum absolute atomic E-state index is 11.8. The summed E-state index contributed by atoms with van der Waals surface area (Å²) in [5.74, 6) is -0.0643. The zero-order chi connectivity index (χ0) is 11.6. The molecule has 0 aromatic carbocycles. The van der Waals surface area contributed by atoms with Crippen molar-refractivity contribution in [2.75, 3.05) is 6.54 Å². The van der Waals surface area contributed by atoms with Crippen molar-refractivity contribution < 1.29 is 4.79 Å². The minimum atomic E-state index is -0.602. The van der Waals surface area contributed by atoms with Gasteiger partial charge in [-0.05, 0) is 27.7 Å². The van der Waals surface area contributed by atoms with Gasteiger partial charge < -0.3 is 11.1 Å². The molecule has 0 aliphatic carbocycles. The Morgan fingerprint density at radius 2 is 1.86 bits per heavy atom. The van der Waals surface area contributed by atoms with Gasteiger partial charge in [0.25, 0.3) is 0 Å². The van der Waals surface area contributed by atoms with Gasteiger partial charge >= 0.3 is 0 Å². The van der Waals surface area contributed by atoms with Gasteiger partial charge in [0.15, 0.2) is 0 Å². The summed E-state index contributed by atoms with van der Waals surface area (Å²) in [6.45, 7) is 11.4. The molecular formula is C10H19BrN2O. The fourth-order valence-electron chi connectivity index (χ4n) is 0.690. The topological polar surface area (TPSA) is 55.1 Å². The van der Waals surface area contributed by atoms with Gasteiger partial charge in [-0.1, -0.05) is 22.5 Å². The Bertz CT molecular complexity index is 241. The maximum Gasteiger partial charge on any atom is 0.227 e. The van der Waals surface area contributed by atoms with Crippen LogP contribution in [-0.2, 0) is 4.79 Å². The average molecular weight is 263 g/mol. The first-order chi connectivity index (χ1) is 6.09. The lowest BCUT2D eigenvalue weighted by Gasteiger charge is -2.36. The van der Waals surface area contributed by atoms with Crippen LogP contribution < -0.4 is 11.1 Å². The minimum Gasteiger partial charge on any atom is -0.351 e. The van der Waals surface area contributed by atoms with Crippen molar-refractivity contribution in [3.05, 3.63) is 11.1 Å². The zero-order valence-electron chi connectivity index (χ0n) is 9.28. The molecule has 0 saturated heterocycles. The van der Waals surface area contributed by atoms with Gasteiger partial charge in [0.2, 0.25) is 5.91 Å². The van der Waals surface area contributed by atoms with E-state index in [-0.39, 0.29) is 5.91 Å². The van der Waals surface area contributed by atoms with Crippen LogP contribution >= 0.6 is 15.9 Å². The van der Waals surface area contributed by atoms with E-state index >= 15 is 0 Å². The lowest BCUT2D eigenvalue weighted by Crippen LogP contribution is -2.55. The highest BCUT2D eigenvalue weighted by Gasteiger charge is 2.40. The number of nitrogens with two attached hydrogens (primary N) is 1. The van der Waals surface area contributed by atoms with Crippen LogP contribution in [0.2, 0.25) is 0 Å². The van der Waals surface area contributed by atoms with Crippen LogP contribution in [-0.4, -0.2) is 18.0 Å². The van der Waals surface area contributed by atoms with Crippen molar-refractivity contribution in [3.63, 3.8) is 0 Å². The van der Waals surface area contributed by atoms with E-state index < -0.39 is 11.0 Å². The Balaban J connectivity index is 4.45. The molecular weight excluding hydrogens is 244 g/mol. The summed E-state index contributed by atoms with van der Waals surface area (Å²) in [5.41, 5.74) is 4.77. The summed E-state index contributed by atoms with van der Waals surface area (Å²) in [5, 5.41) is 2.76. The van der Waals surface area contributed by atoms with E-state index in [2.05, 4.69) is 27.8 Å². The van der Waals surface area contributed by atoms with Gasteiger partial charge in [-0.2, -0.15) is 0 Å². The summed E-state index contributed by atoms with van der Waals surface area (Å²) in [6.07, 6.45) is 0. The number of hydrogen-bond acceptors (Lipinski definition) is 2. The van der Waals surface area contributed by atoms with E-state index in [9.17, 15) is 4.79 Å². The van der Waals surface area contributed by atoms with Crippen LogP contribution in [0.5, 0.6) is 0 Å². The molecule has 14 heavy (non-hydrogen) atoms. The largest absolute Gasteiger partial charge is 0.351 e. The number of hydrogen-bond donors (Lipinski definition) is 2. The van der Waals surface area contributed by atoms with Gasteiger partial charge in [0, 0.05) is 16.6 Å². The molecule has 0 rings (SSSR count). The first kappa shape index (κ1) is 13.7. The number of amides is 1. The standard InChI is InChI=1S/C10H19BrN2O/c1-7(11)6-13-8(14)9(2,3)10(4,5)12/h1,6,12H2,2-5H3,(H,13,14). The highest BCUT2D eigenvalue weighted by molar-refractivity contribution is 9.11. The van der Waals surface area contributed by atoms with Crippen LogP contribution in [0, 0.1) is 5.41 Å². The average Bonchev–Trinajstić information content (AvgIpc) is 1.97. The van der Waals surface area contributed by atoms with E-state index in [1.807, 2.05) is 27.7 Å². The Labute approximate surface area is 94.3 Å². The lowest BCUT2D eigenvalue weighted by atomic mass is 9.74. The Morgan fingerprint density at radius 3 is 2.14 bits per heavy atom. The molecule has 0 radical (unpaired) electrons. The molecule has 0 unspecified atom stereocenters. The summed E-state index contributed by atoms with van der Waals surface area (Å²) >= 11 is 3.18. The SMILES string of the molecule is C=C(Br)CNC(=O)C(C)(C)C(C)(C)N. The third-order valence-electron chi connectivity index (χ3n) is 2.62. The van der Waals surface area contributed by atoms with Crippen molar-refractivity contribution in [2.24, 2.45) is 11.1 Å². The molecule has 1 amide bonds. The third kappa shape index (κ3) is 3.42. The lowest BCUT2D eigenvalue weighted by molar-refractivity contribution is -0.132. The Hall–Kier alpha value is -0.350. The van der Waals surface area contributed by atoms with Gasteiger partial charge in [0.1, 0.15) is 0 Å². The molecule has 0 aliphatic heterocycles. The summed E-state index contributed by atoms with van der Waals surface area (Å²) in [4.78, 5) is 11.8. The second kappa shape index (κ2) is 4.45. The number of rotatable bonds is 4. The van der Waals surface area contributed by atoms with E-state index in [0.717, 1.165) is 4.48 Å². The van der Waals surface area contributed by atoms with Crippen molar-refractivity contribution in [1.82, 2.24) is 5.32 Å². The fraction of sp³-hybridized carbons (Fsp3) is 0.700. The highest BCUT2D eigenvalue weighted by atomic mass is 79.9. The maximum atomic E-state index is 11.8. The van der Waals surface area contributed by atoms with Crippen molar-refractivity contribution in [1.29, 1.82) is 0 Å². The molecule has 82 valence electrons. The van der Waals surface area contributed by atoms with Gasteiger partial charge in [-0.25, -0.2) is 0 Å². The third-order valence-corrected chi connectivity index (χ3v) is 2.90. The smallest absolute Gasteiger partial charge is 0.227 e. The molecule has 0 saturated carbocycles. The molecule has 4 heteroatoms. The summed E-state index contributed by atoms with van der Waals surface area (Å²) in [6, 6.07) is 0. The first-order valence-electron chi connectivity index (χ1n) is 4.49. The second-order valence-corrected chi connectivity index (χ2v) is 5.67. The first-order valence-corrected chi connectivity index (χ1v) is 5.29. The second-order valence-electron chi connectivity index (χ2n) is 4.55. The Kier molecular flexibility index (Phi) is 4.34. The van der Waals surface area contributed by atoms with Gasteiger partial charge in [-0.3, -0.25) is 4.79 Å². The van der Waals surface area contributed by atoms with E-state index in [1.54, 1.807) is 0 Å². The number of halogens is 1. The van der Waals surface area contributed by atoms with Crippen molar-refractivity contribution in [2.45, 2.75) is 33.2 Å². The molecule has 0 aromatic heterocycles. The monoisotopic (exact) mass is 262 g/mol. The summed E-state index contributed by atoms with van der Waals surface area (Å²) in [7, 11) is 0. The molecule has 0 bridgehead atoms. The molecule has 0 aromatic rings. The fourth-order valence-corrected chi connectivity index (χ4v) is 0.830. The molecule has 0 atom stereocenters. The molecule has 3 N–H and O–H groups in total. The predicted octanol–water partition coefficient (Wildman–Crippen LogP) is 1.77. The summed E-state index contributed by atoms with van der Waals surface area (Å²) < 4.78 is 0.747. The normalized spacial score (nSPS) is 12.4. The highest BCUT2D eigenvalue weighted by Crippen LogP contribution is 2.28. The number of nitrogens with one attached hydrogen (secondary N) is 1. The van der Waals surface area contributed by atoms with Crippen molar-refractivity contribution in [3.8, 4) is 0 Å². The number of carbonyl (C=O) groups is 1.